The Hall–Kier alpha value is -1.54. The van der Waals surface area contributed by atoms with Gasteiger partial charge in [0.25, 0.3) is 0 Å². The maximum atomic E-state index is 12.4. The molecule has 1 aromatic carbocycles. The lowest BCUT2D eigenvalue weighted by molar-refractivity contribution is -0.138. The van der Waals surface area contributed by atoms with Gasteiger partial charge in [-0.05, 0) is 77.6 Å². The van der Waals surface area contributed by atoms with Crippen LogP contribution in [-0.2, 0) is 14.8 Å². The first-order valence-corrected chi connectivity index (χ1v) is 13.6. The van der Waals surface area contributed by atoms with Crippen molar-refractivity contribution in [1.82, 2.24) is 4.72 Å². The molecule has 1 atom stereocenters. The lowest BCUT2D eigenvalue weighted by Crippen LogP contribution is -2.42. The molecule has 178 valence electrons. The van der Waals surface area contributed by atoms with E-state index in [2.05, 4.69) is 50.6 Å². The Labute approximate surface area is 202 Å². The Morgan fingerprint density at radius 2 is 1.59 bits per heavy atom. The van der Waals surface area contributed by atoms with Crippen LogP contribution < -0.4 is 4.72 Å². The number of nitrogens with one attached hydrogen (secondary N) is 1. The zero-order valence-electron chi connectivity index (χ0n) is 19.2. The Balaban J connectivity index is 2.47. The highest BCUT2D eigenvalue weighted by molar-refractivity contribution is 7.99. The van der Waals surface area contributed by atoms with Crippen molar-refractivity contribution in [3.05, 3.63) is 64.2 Å². The number of carboxylic acid groups (broad SMARTS) is 1. The molecule has 0 bridgehead atoms. The molecule has 0 amide bonds. The van der Waals surface area contributed by atoms with Gasteiger partial charge < -0.3 is 5.11 Å². The highest BCUT2D eigenvalue weighted by Gasteiger charge is 2.25. The fourth-order valence-corrected chi connectivity index (χ4v) is 5.17. The normalized spacial score (nSPS) is 13.7. The third-order valence-corrected chi connectivity index (χ3v) is 7.39. The highest BCUT2D eigenvalue weighted by atomic mass is 35.5. The van der Waals surface area contributed by atoms with E-state index in [1.54, 1.807) is 0 Å². The van der Waals surface area contributed by atoms with Crippen molar-refractivity contribution in [2.75, 3.05) is 11.5 Å². The Bertz CT molecular complexity index is 931. The van der Waals surface area contributed by atoms with Crippen molar-refractivity contribution in [2.24, 2.45) is 0 Å². The molecule has 0 aromatic heterocycles. The zero-order valence-corrected chi connectivity index (χ0v) is 21.6. The van der Waals surface area contributed by atoms with E-state index in [0.29, 0.717) is 10.8 Å². The SMILES string of the molecule is CC(C)=CCC/C(C)=C/CC/C(C)=C/CSC[C@H](NS(=O)(=O)c1ccc(Cl)cc1)C(=O)O. The van der Waals surface area contributed by atoms with Gasteiger partial charge in [-0.25, -0.2) is 8.42 Å². The Morgan fingerprint density at radius 1 is 1.03 bits per heavy atom. The van der Waals surface area contributed by atoms with Crippen LogP contribution in [0.5, 0.6) is 0 Å². The highest BCUT2D eigenvalue weighted by Crippen LogP contribution is 2.16. The van der Waals surface area contributed by atoms with Crippen molar-refractivity contribution in [2.45, 2.75) is 64.3 Å². The molecule has 0 aliphatic rings. The fourth-order valence-electron chi connectivity index (χ4n) is 2.75. The first-order valence-electron chi connectivity index (χ1n) is 10.5. The van der Waals surface area contributed by atoms with Crippen molar-refractivity contribution >= 4 is 39.4 Å². The molecule has 1 aromatic rings. The minimum atomic E-state index is -3.93. The summed E-state index contributed by atoms with van der Waals surface area (Å²) in [6.07, 6.45) is 10.7. The van der Waals surface area contributed by atoms with E-state index in [1.165, 1.54) is 52.7 Å². The first kappa shape index (κ1) is 28.5. The summed E-state index contributed by atoms with van der Waals surface area (Å²) in [7, 11) is -3.93. The number of hydrogen-bond donors (Lipinski definition) is 2. The van der Waals surface area contributed by atoms with Gasteiger partial charge in [0.2, 0.25) is 10.0 Å². The van der Waals surface area contributed by atoms with E-state index in [0.717, 1.165) is 25.7 Å². The number of hydrogen-bond acceptors (Lipinski definition) is 4. The van der Waals surface area contributed by atoms with Crippen LogP contribution in [0.1, 0.15) is 53.4 Å². The van der Waals surface area contributed by atoms with Crippen LogP contribution in [0.3, 0.4) is 0 Å². The van der Waals surface area contributed by atoms with Crippen LogP contribution in [-0.4, -0.2) is 37.0 Å². The van der Waals surface area contributed by atoms with Gasteiger partial charge >= 0.3 is 5.97 Å². The molecular formula is C24H34ClNO4S2. The van der Waals surface area contributed by atoms with Gasteiger partial charge in [-0.1, -0.05) is 46.5 Å². The summed E-state index contributed by atoms with van der Waals surface area (Å²) >= 11 is 7.16. The summed E-state index contributed by atoms with van der Waals surface area (Å²) in [5.41, 5.74) is 3.97. The van der Waals surface area contributed by atoms with Crippen molar-refractivity contribution in [1.29, 1.82) is 0 Å². The second kappa shape index (κ2) is 14.6. The molecule has 0 radical (unpaired) electrons. The minimum absolute atomic E-state index is 0.0157. The van der Waals surface area contributed by atoms with Gasteiger partial charge in [0, 0.05) is 16.5 Å². The van der Waals surface area contributed by atoms with E-state index in [-0.39, 0.29) is 10.6 Å². The van der Waals surface area contributed by atoms with Crippen LogP contribution in [0.15, 0.2) is 64.1 Å². The molecule has 2 N–H and O–H groups in total. The Kier molecular flexibility index (Phi) is 13.0. The first-order chi connectivity index (χ1) is 15.0. The van der Waals surface area contributed by atoms with Crippen LogP contribution in [0.2, 0.25) is 5.02 Å². The lowest BCUT2D eigenvalue weighted by Gasteiger charge is -2.14. The number of rotatable bonds is 14. The summed E-state index contributed by atoms with van der Waals surface area (Å²) in [4.78, 5) is 11.5. The molecule has 0 heterocycles. The number of carboxylic acids is 1. The molecule has 0 aliphatic carbocycles. The average molecular weight is 500 g/mol. The van der Waals surface area contributed by atoms with Gasteiger partial charge in [-0.2, -0.15) is 16.5 Å². The topological polar surface area (TPSA) is 83.5 Å². The maximum Gasteiger partial charge on any atom is 0.322 e. The van der Waals surface area contributed by atoms with E-state index < -0.39 is 22.0 Å². The van der Waals surface area contributed by atoms with Gasteiger partial charge in [0.1, 0.15) is 6.04 Å². The quantitative estimate of drug-likeness (QED) is 0.234. The van der Waals surface area contributed by atoms with Gasteiger partial charge in [0.15, 0.2) is 0 Å². The van der Waals surface area contributed by atoms with Crippen molar-refractivity contribution in [3.63, 3.8) is 0 Å². The lowest BCUT2D eigenvalue weighted by atomic mass is 10.1. The van der Waals surface area contributed by atoms with Gasteiger partial charge in [-0.15, -0.1) is 0 Å². The predicted molar refractivity (Wildman–Crippen MR) is 136 cm³/mol. The van der Waals surface area contributed by atoms with Gasteiger partial charge in [-0.3, -0.25) is 4.79 Å². The number of sulfonamides is 1. The number of thioether (sulfide) groups is 1. The second-order valence-electron chi connectivity index (χ2n) is 7.96. The third-order valence-electron chi connectivity index (χ3n) is 4.68. The monoisotopic (exact) mass is 499 g/mol. The summed E-state index contributed by atoms with van der Waals surface area (Å²) < 4.78 is 27.1. The fraction of sp³-hybridized carbons (Fsp3) is 0.458. The number of halogens is 1. The second-order valence-corrected chi connectivity index (χ2v) is 11.2. The maximum absolute atomic E-state index is 12.4. The molecule has 0 saturated carbocycles. The predicted octanol–water partition coefficient (Wildman–Crippen LogP) is 6.22. The standard InChI is InChI=1S/C24H34ClNO4S2/c1-18(2)7-5-8-19(3)9-6-10-20(4)15-16-31-17-23(24(27)28)26-32(29,30)22-13-11-21(25)12-14-22/h7,9,11-15,23,26H,5-6,8,10,16-17H2,1-4H3,(H,27,28)/b19-9+,20-15+/t23-/m0/s1. The third kappa shape index (κ3) is 11.9. The molecule has 32 heavy (non-hydrogen) atoms. The van der Waals surface area contributed by atoms with E-state index in [1.807, 2.05) is 0 Å². The molecule has 0 fully saturated rings. The molecule has 0 unspecified atom stereocenters. The number of carbonyl (C=O) groups is 1. The molecule has 1 rings (SSSR count). The summed E-state index contributed by atoms with van der Waals surface area (Å²) in [6.45, 7) is 8.44. The van der Waals surface area contributed by atoms with Crippen LogP contribution in [0.25, 0.3) is 0 Å². The molecule has 5 nitrogen and oxygen atoms in total. The van der Waals surface area contributed by atoms with Crippen LogP contribution in [0, 0.1) is 0 Å². The molecule has 0 saturated heterocycles. The molecule has 0 aliphatic heterocycles. The summed E-state index contributed by atoms with van der Waals surface area (Å²) in [6, 6.07) is 4.39. The summed E-state index contributed by atoms with van der Waals surface area (Å²) in [5, 5.41) is 9.82. The number of benzene rings is 1. The number of allylic oxidation sites excluding steroid dienone is 5. The Morgan fingerprint density at radius 3 is 2.16 bits per heavy atom. The van der Waals surface area contributed by atoms with Crippen molar-refractivity contribution < 1.29 is 18.3 Å². The molecule has 0 spiro atoms. The smallest absolute Gasteiger partial charge is 0.322 e. The zero-order chi connectivity index (χ0) is 24.1. The van der Waals surface area contributed by atoms with Crippen molar-refractivity contribution in [3.8, 4) is 0 Å². The van der Waals surface area contributed by atoms with Crippen LogP contribution >= 0.6 is 23.4 Å². The van der Waals surface area contributed by atoms with E-state index in [4.69, 9.17) is 11.6 Å². The summed E-state index contributed by atoms with van der Waals surface area (Å²) in [5.74, 6) is -0.443. The van der Waals surface area contributed by atoms with E-state index >= 15 is 0 Å². The number of aliphatic carboxylic acids is 1. The minimum Gasteiger partial charge on any atom is -0.480 e. The largest absolute Gasteiger partial charge is 0.480 e. The van der Waals surface area contributed by atoms with E-state index in [9.17, 15) is 18.3 Å². The van der Waals surface area contributed by atoms with Crippen LogP contribution in [0.4, 0.5) is 0 Å². The molecular weight excluding hydrogens is 466 g/mol. The average Bonchev–Trinajstić information content (AvgIpc) is 2.70. The van der Waals surface area contributed by atoms with Gasteiger partial charge in [0.05, 0.1) is 4.90 Å². The molecule has 8 heteroatoms.